The van der Waals surface area contributed by atoms with Crippen molar-refractivity contribution in [2.75, 3.05) is 13.4 Å². The number of carbonyl (C=O) groups excluding carboxylic acids is 1. The Kier molecular flexibility index (Phi) is 4.92. The Hall–Kier alpha value is -3.29. The molecular formula is C18H18N2O6. The van der Waals surface area contributed by atoms with Crippen molar-refractivity contribution in [1.29, 1.82) is 0 Å². The second-order valence-corrected chi connectivity index (χ2v) is 5.92. The fraction of sp³-hybridized carbons (Fsp3) is 0.278. The lowest BCUT2D eigenvalue weighted by Gasteiger charge is -2.15. The van der Waals surface area contributed by atoms with Crippen molar-refractivity contribution >= 4 is 11.6 Å². The first-order chi connectivity index (χ1) is 12.4. The minimum Gasteiger partial charge on any atom is -0.477 e. The van der Waals surface area contributed by atoms with Gasteiger partial charge in [0.05, 0.1) is 11.0 Å². The molecule has 8 heteroatoms. The van der Waals surface area contributed by atoms with Gasteiger partial charge in [-0.2, -0.15) is 0 Å². The van der Waals surface area contributed by atoms with E-state index in [1.807, 2.05) is 13.0 Å². The minimum absolute atomic E-state index is 0.0616. The van der Waals surface area contributed by atoms with Gasteiger partial charge >= 0.3 is 5.69 Å². The van der Waals surface area contributed by atoms with Crippen LogP contribution in [0, 0.1) is 17.0 Å². The van der Waals surface area contributed by atoms with E-state index in [2.05, 4.69) is 5.32 Å². The summed E-state index contributed by atoms with van der Waals surface area (Å²) in [5.74, 6) is 0.981. The van der Waals surface area contributed by atoms with Crippen LogP contribution in [0.25, 0.3) is 0 Å². The number of benzene rings is 2. The van der Waals surface area contributed by atoms with Crippen molar-refractivity contribution in [1.82, 2.24) is 5.32 Å². The van der Waals surface area contributed by atoms with Gasteiger partial charge in [-0.15, -0.1) is 0 Å². The van der Waals surface area contributed by atoms with Crippen LogP contribution in [0.4, 0.5) is 5.69 Å². The molecule has 26 heavy (non-hydrogen) atoms. The Bertz CT molecular complexity index is 852. The number of nitro groups is 1. The van der Waals surface area contributed by atoms with Gasteiger partial charge < -0.3 is 19.5 Å². The molecule has 1 aliphatic heterocycles. The predicted octanol–water partition coefficient (Wildman–Crippen LogP) is 2.89. The van der Waals surface area contributed by atoms with Crippen LogP contribution in [0.1, 0.15) is 24.1 Å². The maximum Gasteiger partial charge on any atom is 0.311 e. The lowest BCUT2D eigenvalue weighted by atomic mass is 10.1. The van der Waals surface area contributed by atoms with E-state index < -0.39 is 4.92 Å². The molecule has 2 aromatic rings. The van der Waals surface area contributed by atoms with Crippen molar-refractivity contribution in [3.8, 4) is 17.2 Å². The van der Waals surface area contributed by atoms with E-state index in [1.165, 1.54) is 12.1 Å². The number of nitrogens with zero attached hydrogens (tertiary/aromatic N) is 1. The second-order valence-electron chi connectivity index (χ2n) is 5.92. The third-order valence-corrected chi connectivity index (χ3v) is 3.94. The molecule has 0 fully saturated rings. The van der Waals surface area contributed by atoms with E-state index in [-0.39, 0.29) is 36.8 Å². The fourth-order valence-corrected chi connectivity index (χ4v) is 2.58. The predicted molar refractivity (Wildman–Crippen MR) is 92.5 cm³/mol. The summed E-state index contributed by atoms with van der Waals surface area (Å²) in [6, 6.07) is 9.73. The molecular weight excluding hydrogens is 340 g/mol. The van der Waals surface area contributed by atoms with E-state index in [0.29, 0.717) is 11.5 Å². The molecule has 0 radical (unpaired) electrons. The molecule has 1 heterocycles. The van der Waals surface area contributed by atoms with Gasteiger partial charge in [0.15, 0.2) is 23.9 Å². The van der Waals surface area contributed by atoms with E-state index >= 15 is 0 Å². The van der Waals surface area contributed by atoms with E-state index in [4.69, 9.17) is 14.2 Å². The lowest BCUT2D eigenvalue weighted by Crippen LogP contribution is -2.31. The standard InChI is InChI=1S/C18H18N2O6/c1-11-3-5-15(14(7-11)20(22)23)24-9-18(21)19-12(2)13-4-6-16-17(8-13)26-10-25-16/h3-8,12H,9-10H2,1-2H3,(H,19,21)/t12-/m1/s1. The third kappa shape index (κ3) is 3.85. The molecule has 1 atom stereocenters. The largest absolute Gasteiger partial charge is 0.477 e. The molecule has 0 unspecified atom stereocenters. The van der Waals surface area contributed by atoms with Crippen LogP contribution in [-0.2, 0) is 4.79 Å². The van der Waals surface area contributed by atoms with E-state index in [9.17, 15) is 14.9 Å². The second kappa shape index (κ2) is 7.30. The van der Waals surface area contributed by atoms with Crippen molar-refractivity contribution in [3.05, 3.63) is 57.6 Å². The van der Waals surface area contributed by atoms with Crippen molar-refractivity contribution in [3.63, 3.8) is 0 Å². The zero-order valence-corrected chi connectivity index (χ0v) is 14.4. The number of amides is 1. The first kappa shape index (κ1) is 17.5. The van der Waals surface area contributed by atoms with Crippen LogP contribution >= 0.6 is 0 Å². The van der Waals surface area contributed by atoms with Crippen molar-refractivity contribution < 1.29 is 23.9 Å². The highest BCUT2D eigenvalue weighted by Gasteiger charge is 2.19. The maximum absolute atomic E-state index is 12.1. The monoisotopic (exact) mass is 358 g/mol. The quantitative estimate of drug-likeness (QED) is 0.629. The van der Waals surface area contributed by atoms with Gasteiger partial charge in [0, 0.05) is 6.07 Å². The fourth-order valence-electron chi connectivity index (χ4n) is 2.58. The number of carbonyl (C=O) groups is 1. The van der Waals surface area contributed by atoms with Gasteiger partial charge in [-0.1, -0.05) is 12.1 Å². The highest BCUT2D eigenvalue weighted by molar-refractivity contribution is 5.78. The van der Waals surface area contributed by atoms with Crippen LogP contribution in [0.15, 0.2) is 36.4 Å². The van der Waals surface area contributed by atoms with Gasteiger partial charge in [0.1, 0.15) is 0 Å². The molecule has 0 spiro atoms. The zero-order valence-electron chi connectivity index (χ0n) is 14.4. The van der Waals surface area contributed by atoms with Crippen LogP contribution in [0.5, 0.6) is 17.2 Å². The topological polar surface area (TPSA) is 99.9 Å². The summed E-state index contributed by atoms with van der Waals surface area (Å²) in [7, 11) is 0. The van der Waals surface area contributed by atoms with Crippen molar-refractivity contribution in [2.24, 2.45) is 0 Å². The Morgan fingerprint density at radius 3 is 2.81 bits per heavy atom. The Morgan fingerprint density at radius 1 is 1.27 bits per heavy atom. The van der Waals surface area contributed by atoms with Gasteiger partial charge in [-0.25, -0.2) is 0 Å². The number of fused-ring (bicyclic) bond motifs is 1. The summed E-state index contributed by atoms with van der Waals surface area (Å²) < 4.78 is 15.9. The average Bonchev–Trinajstić information content (AvgIpc) is 3.08. The summed E-state index contributed by atoms with van der Waals surface area (Å²) in [6.07, 6.45) is 0. The summed E-state index contributed by atoms with van der Waals surface area (Å²) in [5.41, 5.74) is 1.43. The Morgan fingerprint density at radius 2 is 2.04 bits per heavy atom. The van der Waals surface area contributed by atoms with Gasteiger partial charge in [0.2, 0.25) is 6.79 Å². The molecule has 136 valence electrons. The molecule has 1 amide bonds. The minimum atomic E-state index is -0.532. The smallest absolute Gasteiger partial charge is 0.311 e. The van der Waals surface area contributed by atoms with Gasteiger partial charge in [-0.3, -0.25) is 14.9 Å². The molecule has 0 saturated heterocycles. The molecule has 2 aromatic carbocycles. The van der Waals surface area contributed by atoms with Crippen LogP contribution in [0.2, 0.25) is 0 Å². The normalized spacial score (nSPS) is 13.2. The number of nitro benzene ring substituents is 1. The first-order valence-electron chi connectivity index (χ1n) is 8.01. The number of hydrogen-bond donors (Lipinski definition) is 1. The number of rotatable bonds is 6. The molecule has 0 aliphatic carbocycles. The summed E-state index contributed by atoms with van der Waals surface area (Å²) in [4.78, 5) is 22.7. The Labute approximate surface area is 149 Å². The molecule has 0 aromatic heterocycles. The molecule has 1 N–H and O–H groups in total. The molecule has 1 aliphatic rings. The summed E-state index contributed by atoms with van der Waals surface area (Å²) in [6.45, 7) is 3.43. The highest BCUT2D eigenvalue weighted by atomic mass is 16.7. The lowest BCUT2D eigenvalue weighted by molar-refractivity contribution is -0.385. The zero-order chi connectivity index (χ0) is 18.7. The molecule has 3 rings (SSSR count). The molecule has 0 bridgehead atoms. The van der Waals surface area contributed by atoms with Gasteiger partial charge in [-0.05, 0) is 43.2 Å². The number of nitrogens with one attached hydrogen (secondary N) is 1. The van der Waals surface area contributed by atoms with Crippen LogP contribution in [-0.4, -0.2) is 24.2 Å². The first-order valence-corrected chi connectivity index (χ1v) is 8.01. The summed E-state index contributed by atoms with van der Waals surface area (Å²) >= 11 is 0. The van der Waals surface area contributed by atoms with E-state index in [0.717, 1.165) is 11.1 Å². The number of aryl methyl sites for hydroxylation is 1. The van der Waals surface area contributed by atoms with E-state index in [1.54, 1.807) is 25.1 Å². The maximum atomic E-state index is 12.1. The summed E-state index contributed by atoms with van der Waals surface area (Å²) in [5, 5.41) is 13.9. The average molecular weight is 358 g/mol. The van der Waals surface area contributed by atoms with Gasteiger partial charge in [0.25, 0.3) is 5.91 Å². The van der Waals surface area contributed by atoms with Crippen molar-refractivity contribution in [2.45, 2.75) is 19.9 Å². The third-order valence-electron chi connectivity index (χ3n) is 3.94. The van der Waals surface area contributed by atoms with Crippen LogP contribution in [0.3, 0.4) is 0 Å². The highest BCUT2D eigenvalue weighted by Crippen LogP contribution is 2.34. The van der Waals surface area contributed by atoms with Crippen LogP contribution < -0.4 is 19.5 Å². The SMILES string of the molecule is Cc1ccc(OCC(=O)N[C@H](C)c2ccc3c(c2)OCO3)c([N+](=O)[O-])c1. The molecule has 0 saturated carbocycles. The Balaban J connectivity index is 1.60. The number of hydrogen-bond acceptors (Lipinski definition) is 6. The molecule has 8 nitrogen and oxygen atoms in total. The number of ether oxygens (including phenoxy) is 3.